The Morgan fingerprint density at radius 1 is 1.35 bits per heavy atom. The first-order valence-electron chi connectivity index (χ1n) is 5.60. The highest BCUT2D eigenvalue weighted by atomic mass is 32.2. The van der Waals surface area contributed by atoms with Gasteiger partial charge in [-0.05, 0) is 18.3 Å². The number of amidine groups is 1. The van der Waals surface area contributed by atoms with Crippen molar-refractivity contribution in [2.24, 2.45) is 16.3 Å². The Morgan fingerprint density at radius 3 is 2.41 bits per heavy atom. The van der Waals surface area contributed by atoms with Gasteiger partial charge in [-0.1, -0.05) is 25.9 Å². The molecule has 0 saturated carbocycles. The lowest BCUT2D eigenvalue weighted by Gasteiger charge is -2.18. The molecule has 0 aliphatic carbocycles. The molecule has 0 aromatic carbocycles. The fourth-order valence-electron chi connectivity index (χ4n) is 1.33. The molecule has 0 atom stereocenters. The van der Waals surface area contributed by atoms with Gasteiger partial charge in [0.2, 0.25) is 10.0 Å². The van der Waals surface area contributed by atoms with E-state index in [1.807, 2.05) is 20.8 Å². The normalized spacial score (nSPS) is 13.9. The molecular formula is C10H23N3O3S. The average Bonchev–Trinajstić information content (AvgIpc) is 2.12. The minimum Gasteiger partial charge on any atom is -0.409 e. The van der Waals surface area contributed by atoms with Gasteiger partial charge >= 0.3 is 0 Å². The summed E-state index contributed by atoms with van der Waals surface area (Å²) in [6.07, 6.45) is 1.82. The number of nitrogens with one attached hydrogen (secondary N) is 1. The highest BCUT2D eigenvalue weighted by Gasteiger charge is 2.20. The second kappa shape index (κ2) is 6.80. The Labute approximate surface area is 103 Å². The first-order valence-corrected chi connectivity index (χ1v) is 7.25. The van der Waals surface area contributed by atoms with Crippen LogP contribution in [0.15, 0.2) is 5.16 Å². The number of rotatable bonds is 7. The van der Waals surface area contributed by atoms with Gasteiger partial charge in [0.25, 0.3) is 0 Å². The lowest BCUT2D eigenvalue weighted by Crippen LogP contribution is -2.33. The van der Waals surface area contributed by atoms with Crippen molar-refractivity contribution in [1.82, 2.24) is 4.72 Å². The fraction of sp³-hybridized carbons (Fsp3) is 0.900. The van der Waals surface area contributed by atoms with Gasteiger partial charge in [0.05, 0.1) is 5.75 Å². The maximum Gasteiger partial charge on any atom is 0.212 e. The molecule has 102 valence electrons. The molecule has 0 heterocycles. The van der Waals surface area contributed by atoms with Crippen LogP contribution in [-0.2, 0) is 10.0 Å². The van der Waals surface area contributed by atoms with E-state index in [4.69, 9.17) is 10.9 Å². The number of nitrogens with two attached hydrogens (primary N) is 1. The zero-order valence-corrected chi connectivity index (χ0v) is 11.5. The Balaban J connectivity index is 3.82. The number of sulfonamides is 1. The van der Waals surface area contributed by atoms with Crippen LogP contribution in [0.3, 0.4) is 0 Å². The molecule has 0 radical (unpaired) electrons. The topological polar surface area (TPSA) is 105 Å². The SMILES string of the molecule is CC(C)(C)CS(=O)(=O)NCCCCC(N)=NO. The van der Waals surface area contributed by atoms with E-state index >= 15 is 0 Å². The van der Waals surface area contributed by atoms with Gasteiger partial charge in [-0.25, -0.2) is 13.1 Å². The lowest BCUT2D eigenvalue weighted by atomic mass is 10.0. The molecule has 0 saturated heterocycles. The summed E-state index contributed by atoms with van der Waals surface area (Å²) in [6, 6.07) is 0. The summed E-state index contributed by atoms with van der Waals surface area (Å²) in [5.74, 6) is 0.280. The summed E-state index contributed by atoms with van der Waals surface area (Å²) < 4.78 is 25.7. The van der Waals surface area contributed by atoms with Crippen LogP contribution < -0.4 is 10.5 Å². The molecule has 7 heteroatoms. The van der Waals surface area contributed by atoms with Crippen LogP contribution >= 0.6 is 0 Å². The van der Waals surface area contributed by atoms with Crippen molar-refractivity contribution < 1.29 is 13.6 Å². The minimum absolute atomic E-state index is 0.111. The standard InChI is InChI=1S/C10H23N3O3S/c1-10(2,3)8-17(15,16)12-7-5-4-6-9(11)13-14/h12,14H,4-8H2,1-3H3,(H2,11,13). The molecule has 0 amide bonds. The molecule has 0 rings (SSSR count). The highest BCUT2D eigenvalue weighted by Crippen LogP contribution is 2.15. The number of hydrogen-bond acceptors (Lipinski definition) is 4. The van der Waals surface area contributed by atoms with Crippen LogP contribution in [0.1, 0.15) is 40.0 Å². The van der Waals surface area contributed by atoms with Crippen molar-refractivity contribution in [3.63, 3.8) is 0 Å². The maximum absolute atomic E-state index is 11.6. The number of nitrogens with zero attached hydrogens (tertiary/aromatic N) is 1. The lowest BCUT2D eigenvalue weighted by molar-refractivity contribution is 0.316. The second-order valence-corrected chi connectivity index (χ2v) is 7.07. The third-order valence-corrected chi connectivity index (χ3v) is 3.82. The summed E-state index contributed by atoms with van der Waals surface area (Å²) >= 11 is 0. The van der Waals surface area contributed by atoms with Crippen LogP contribution in [0.5, 0.6) is 0 Å². The molecule has 0 fully saturated rings. The smallest absolute Gasteiger partial charge is 0.212 e. The molecule has 0 bridgehead atoms. The van der Waals surface area contributed by atoms with E-state index in [-0.39, 0.29) is 17.0 Å². The van der Waals surface area contributed by atoms with E-state index in [1.165, 1.54) is 0 Å². The number of hydrogen-bond donors (Lipinski definition) is 3. The van der Waals surface area contributed by atoms with Crippen molar-refractivity contribution in [2.75, 3.05) is 12.3 Å². The Morgan fingerprint density at radius 2 is 1.94 bits per heavy atom. The molecule has 4 N–H and O–H groups in total. The molecule has 17 heavy (non-hydrogen) atoms. The van der Waals surface area contributed by atoms with E-state index in [0.29, 0.717) is 25.8 Å². The van der Waals surface area contributed by atoms with Crippen molar-refractivity contribution >= 4 is 15.9 Å². The summed E-state index contributed by atoms with van der Waals surface area (Å²) in [7, 11) is -3.21. The van der Waals surface area contributed by atoms with Gasteiger partial charge < -0.3 is 10.9 Å². The van der Waals surface area contributed by atoms with E-state index in [1.54, 1.807) is 0 Å². The molecule has 0 aromatic rings. The van der Waals surface area contributed by atoms with Crippen LogP contribution in [0.25, 0.3) is 0 Å². The summed E-state index contributed by atoms with van der Waals surface area (Å²) in [6.45, 7) is 6.02. The van der Waals surface area contributed by atoms with Gasteiger partial charge in [0, 0.05) is 13.0 Å². The van der Waals surface area contributed by atoms with Gasteiger partial charge in [-0.3, -0.25) is 0 Å². The third-order valence-electron chi connectivity index (χ3n) is 1.93. The molecule has 0 spiro atoms. The molecule has 0 unspecified atom stereocenters. The average molecular weight is 265 g/mol. The van der Waals surface area contributed by atoms with Crippen molar-refractivity contribution in [2.45, 2.75) is 40.0 Å². The summed E-state index contributed by atoms with van der Waals surface area (Å²) in [5.41, 5.74) is 5.04. The predicted octanol–water partition coefficient (Wildman–Crippen LogP) is 0.869. The van der Waals surface area contributed by atoms with E-state index < -0.39 is 10.0 Å². The zero-order chi connectivity index (χ0) is 13.5. The van der Waals surface area contributed by atoms with Crippen LogP contribution in [-0.4, -0.2) is 31.8 Å². The monoisotopic (exact) mass is 265 g/mol. The van der Waals surface area contributed by atoms with Crippen LogP contribution in [0.4, 0.5) is 0 Å². The largest absolute Gasteiger partial charge is 0.409 e. The highest BCUT2D eigenvalue weighted by molar-refractivity contribution is 7.89. The molecule has 0 aromatic heterocycles. The van der Waals surface area contributed by atoms with Gasteiger partial charge in [0.1, 0.15) is 5.84 Å². The van der Waals surface area contributed by atoms with Gasteiger partial charge in [-0.2, -0.15) is 0 Å². The van der Waals surface area contributed by atoms with Crippen LogP contribution in [0, 0.1) is 5.41 Å². The first kappa shape index (κ1) is 16.2. The zero-order valence-electron chi connectivity index (χ0n) is 10.7. The molecule has 0 aliphatic heterocycles. The van der Waals surface area contributed by atoms with Crippen molar-refractivity contribution in [1.29, 1.82) is 0 Å². The first-order chi connectivity index (χ1) is 7.66. The van der Waals surface area contributed by atoms with Gasteiger partial charge in [-0.15, -0.1) is 0 Å². The maximum atomic E-state index is 11.6. The minimum atomic E-state index is -3.21. The van der Waals surface area contributed by atoms with E-state index in [2.05, 4.69) is 9.88 Å². The molecule has 6 nitrogen and oxygen atoms in total. The summed E-state index contributed by atoms with van der Waals surface area (Å²) in [5, 5.41) is 11.1. The van der Waals surface area contributed by atoms with Gasteiger partial charge in [0.15, 0.2) is 0 Å². The second-order valence-electron chi connectivity index (χ2n) is 5.26. The molecule has 0 aliphatic rings. The molecular weight excluding hydrogens is 242 g/mol. The summed E-state index contributed by atoms with van der Waals surface area (Å²) in [4.78, 5) is 0. The van der Waals surface area contributed by atoms with E-state index in [9.17, 15) is 8.42 Å². The van der Waals surface area contributed by atoms with Crippen molar-refractivity contribution in [3.05, 3.63) is 0 Å². The van der Waals surface area contributed by atoms with Crippen LogP contribution in [0.2, 0.25) is 0 Å². The Kier molecular flexibility index (Phi) is 6.48. The predicted molar refractivity (Wildman–Crippen MR) is 68.5 cm³/mol. The fourth-order valence-corrected chi connectivity index (χ4v) is 3.03. The number of oxime groups is 1. The third kappa shape index (κ3) is 10.1. The number of unbranched alkanes of at least 4 members (excludes halogenated alkanes) is 1. The van der Waals surface area contributed by atoms with Crippen molar-refractivity contribution in [3.8, 4) is 0 Å². The Bertz CT molecular complexity index is 344. The quantitative estimate of drug-likeness (QED) is 0.209. The van der Waals surface area contributed by atoms with E-state index in [0.717, 1.165) is 0 Å². The Hall–Kier alpha value is -0.820.